The molecule has 1 amide bonds. The van der Waals surface area contributed by atoms with Crippen molar-refractivity contribution >= 4 is 29.2 Å². The second kappa shape index (κ2) is 10.6. The van der Waals surface area contributed by atoms with Crippen molar-refractivity contribution in [1.29, 1.82) is 0 Å². The van der Waals surface area contributed by atoms with E-state index in [1.54, 1.807) is 23.7 Å². The lowest BCUT2D eigenvalue weighted by Crippen LogP contribution is -2.42. The van der Waals surface area contributed by atoms with E-state index in [1.807, 2.05) is 57.2 Å². The number of hydrogen-bond acceptors (Lipinski definition) is 5. The van der Waals surface area contributed by atoms with Gasteiger partial charge in [-0.2, -0.15) is 0 Å². The van der Waals surface area contributed by atoms with Crippen LogP contribution in [0.25, 0.3) is 11.1 Å². The highest BCUT2D eigenvalue weighted by Crippen LogP contribution is 2.27. The van der Waals surface area contributed by atoms with Gasteiger partial charge >= 0.3 is 5.97 Å². The number of anilines is 1. The van der Waals surface area contributed by atoms with Crippen LogP contribution in [-0.2, 0) is 17.8 Å². The van der Waals surface area contributed by atoms with Crippen molar-refractivity contribution in [2.45, 2.75) is 39.8 Å². The molecule has 0 fully saturated rings. The summed E-state index contributed by atoms with van der Waals surface area (Å²) in [5.41, 5.74) is 6.27. The number of aryl methyl sites for hydroxylation is 3. The zero-order valence-electron chi connectivity index (χ0n) is 19.9. The molecule has 2 heterocycles. The monoisotopic (exact) mass is 488 g/mol. The van der Waals surface area contributed by atoms with Crippen molar-refractivity contribution in [3.05, 3.63) is 92.9 Å². The van der Waals surface area contributed by atoms with Gasteiger partial charge in [-0.3, -0.25) is 4.79 Å². The normalized spacial score (nSPS) is 11.7. The van der Waals surface area contributed by atoms with Gasteiger partial charge in [0.1, 0.15) is 6.04 Å². The van der Waals surface area contributed by atoms with E-state index in [9.17, 15) is 14.7 Å². The Morgan fingerprint density at radius 3 is 2.40 bits per heavy atom. The summed E-state index contributed by atoms with van der Waals surface area (Å²) in [5, 5.41) is 17.8. The summed E-state index contributed by atoms with van der Waals surface area (Å²) in [5.74, 6) is -0.688. The number of rotatable bonds is 9. The highest BCUT2D eigenvalue weighted by atomic mass is 32.1. The number of benzene rings is 2. The molecule has 4 aromatic rings. The van der Waals surface area contributed by atoms with Crippen LogP contribution in [0.15, 0.2) is 60.2 Å². The maximum Gasteiger partial charge on any atom is 0.326 e. The Bertz CT molecular complexity index is 1300. The topological polar surface area (TPSA) is 107 Å². The Labute approximate surface area is 208 Å². The number of carbonyl (C=O) groups is 2. The summed E-state index contributed by atoms with van der Waals surface area (Å²) in [6, 6.07) is 12.8. The molecule has 8 heteroatoms. The quantitative estimate of drug-likeness (QED) is 0.262. The van der Waals surface area contributed by atoms with Gasteiger partial charge in [0, 0.05) is 29.3 Å². The molecule has 0 bridgehead atoms. The van der Waals surface area contributed by atoms with E-state index in [4.69, 9.17) is 0 Å². The van der Waals surface area contributed by atoms with Crippen molar-refractivity contribution in [1.82, 2.24) is 15.3 Å². The minimum absolute atomic E-state index is 0.202. The molecule has 4 rings (SSSR count). The van der Waals surface area contributed by atoms with Crippen LogP contribution in [0.3, 0.4) is 0 Å². The zero-order chi connectivity index (χ0) is 24.9. The van der Waals surface area contributed by atoms with E-state index >= 15 is 0 Å². The Hall–Kier alpha value is -3.91. The fourth-order valence-corrected chi connectivity index (χ4v) is 5.03. The van der Waals surface area contributed by atoms with Crippen molar-refractivity contribution in [2.75, 3.05) is 5.32 Å². The molecule has 35 heavy (non-hydrogen) atoms. The van der Waals surface area contributed by atoms with Crippen molar-refractivity contribution in [3.63, 3.8) is 0 Å². The Balaban J connectivity index is 1.41. The third-order valence-corrected chi connectivity index (χ3v) is 6.75. The van der Waals surface area contributed by atoms with Gasteiger partial charge in [0.2, 0.25) is 0 Å². The first kappa shape index (κ1) is 24.2. The molecule has 1 unspecified atom stereocenters. The van der Waals surface area contributed by atoms with Crippen molar-refractivity contribution in [2.24, 2.45) is 0 Å². The van der Waals surface area contributed by atoms with Gasteiger partial charge in [-0.15, -0.1) is 11.3 Å². The molecule has 4 N–H and O–H groups in total. The minimum atomic E-state index is -1.06. The molecular formula is C27H28N4O3S. The number of carbonyl (C=O) groups excluding carboxylic acids is 1. The summed E-state index contributed by atoms with van der Waals surface area (Å²) in [6.45, 7) is 6.38. The average Bonchev–Trinajstić information content (AvgIpc) is 3.49. The molecule has 180 valence electrons. The number of aromatic amines is 1. The molecular weight excluding hydrogens is 460 g/mol. The van der Waals surface area contributed by atoms with Crippen LogP contribution in [0.1, 0.15) is 37.5 Å². The number of carboxylic acids is 1. The second-order valence-corrected chi connectivity index (χ2v) is 9.63. The molecule has 0 aliphatic carbocycles. The zero-order valence-corrected chi connectivity index (χ0v) is 20.7. The maximum atomic E-state index is 12.9. The number of nitrogens with zero attached hydrogens (tertiary/aromatic N) is 1. The first-order valence-corrected chi connectivity index (χ1v) is 12.2. The smallest absolute Gasteiger partial charge is 0.326 e. The average molecular weight is 489 g/mol. The first-order chi connectivity index (χ1) is 16.8. The molecule has 2 aromatic carbocycles. The van der Waals surface area contributed by atoms with Gasteiger partial charge in [0.05, 0.1) is 6.54 Å². The summed E-state index contributed by atoms with van der Waals surface area (Å²) < 4.78 is 0. The van der Waals surface area contributed by atoms with E-state index < -0.39 is 12.0 Å². The van der Waals surface area contributed by atoms with Crippen LogP contribution in [0.4, 0.5) is 5.95 Å². The Morgan fingerprint density at radius 1 is 1.06 bits per heavy atom. The lowest BCUT2D eigenvalue weighted by atomic mass is 9.98. The largest absolute Gasteiger partial charge is 0.480 e. The van der Waals surface area contributed by atoms with Crippen LogP contribution in [0, 0.1) is 20.8 Å². The van der Waals surface area contributed by atoms with Crippen LogP contribution in [-0.4, -0.2) is 33.0 Å². The molecule has 0 saturated heterocycles. The van der Waals surface area contributed by atoms with E-state index in [-0.39, 0.29) is 12.3 Å². The van der Waals surface area contributed by atoms with Gasteiger partial charge in [-0.05, 0) is 60.0 Å². The summed E-state index contributed by atoms with van der Waals surface area (Å²) in [4.78, 5) is 33.1. The van der Waals surface area contributed by atoms with E-state index in [0.717, 1.165) is 39.3 Å². The highest BCUT2D eigenvalue weighted by Gasteiger charge is 2.23. The lowest BCUT2D eigenvalue weighted by molar-refractivity contribution is -0.139. The molecule has 0 spiro atoms. The standard InChI is InChI=1S/C27H28N4O3S/c1-16-10-17(2)24(18(3)11-16)25(32)31-23(26(33)34)12-19-4-6-20(7-5-19)21-13-22(35-15-21)14-30-27-28-8-9-29-27/h4-11,13,15,23H,12,14H2,1-3H3,(H,31,32)(H,33,34)(H2,28,29,30). The number of nitrogens with one attached hydrogen (secondary N) is 3. The summed E-state index contributed by atoms with van der Waals surface area (Å²) in [7, 11) is 0. The van der Waals surface area contributed by atoms with Gasteiger partial charge in [-0.1, -0.05) is 42.0 Å². The fraction of sp³-hybridized carbons (Fsp3) is 0.222. The number of aromatic nitrogens is 2. The minimum Gasteiger partial charge on any atom is -0.480 e. The van der Waals surface area contributed by atoms with Gasteiger partial charge < -0.3 is 20.7 Å². The predicted molar refractivity (Wildman–Crippen MR) is 139 cm³/mol. The molecule has 1 atom stereocenters. The van der Waals surface area contributed by atoms with Crippen LogP contribution in [0.2, 0.25) is 0 Å². The predicted octanol–water partition coefficient (Wildman–Crippen LogP) is 5.10. The summed E-state index contributed by atoms with van der Waals surface area (Å²) >= 11 is 1.66. The number of imidazole rings is 1. The van der Waals surface area contributed by atoms with E-state index in [1.165, 1.54) is 4.88 Å². The SMILES string of the molecule is Cc1cc(C)c(C(=O)NC(Cc2ccc(-c3csc(CNc4ncc[nH]4)c3)cc2)C(=O)O)c(C)c1. The lowest BCUT2D eigenvalue weighted by Gasteiger charge is -2.17. The molecule has 0 saturated carbocycles. The highest BCUT2D eigenvalue weighted by molar-refractivity contribution is 7.10. The van der Waals surface area contributed by atoms with E-state index in [0.29, 0.717) is 12.1 Å². The third-order valence-electron chi connectivity index (χ3n) is 5.82. The van der Waals surface area contributed by atoms with Crippen molar-refractivity contribution in [3.8, 4) is 11.1 Å². The maximum absolute atomic E-state index is 12.9. The third kappa shape index (κ3) is 5.96. The second-order valence-electron chi connectivity index (χ2n) is 8.63. The number of hydrogen-bond donors (Lipinski definition) is 4. The number of amides is 1. The van der Waals surface area contributed by atoms with Gasteiger partial charge in [0.25, 0.3) is 5.91 Å². The molecule has 2 aromatic heterocycles. The molecule has 7 nitrogen and oxygen atoms in total. The van der Waals surface area contributed by atoms with Crippen LogP contribution in [0.5, 0.6) is 0 Å². The molecule has 0 aliphatic rings. The fourth-order valence-electron chi connectivity index (χ4n) is 4.20. The van der Waals surface area contributed by atoms with E-state index in [2.05, 4.69) is 32.0 Å². The Kier molecular flexibility index (Phi) is 7.31. The number of carboxylic acid groups (broad SMARTS) is 1. The van der Waals surface area contributed by atoms with Gasteiger partial charge in [-0.25, -0.2) is 9.78 Å². The number of thiophene rings is 1. The van der Waals surface area contributed by atoms with Crippen LogP contribution < -0.4 is 10.6 Å². The first-order valence-electron chi connectivity index (χ1n) is 11.3. The Morgan fingerprint density at radius 2 is 1.77 bits per heavy atom. The number of aliphatic carboxylic acids is 1. The number of H-pyrrole nitrogens is 1. The van der Waals surface area contributed by atoms with Crippen LogP contribution >= 0.6 is 11.3 Å². The summed E-state index contributed by atoms with van der Waals surface area (Å²) in [6.07, 6.45) is 3.68. The van der Waals surface area contributed by atoms with Gasteiger partial charge in [0.15, 0.2) is 5.95 Å². The molecule has 0 radical (unpaired) electrons. The van der Waals surface area contributed by atoms with Crippen molar-refractivity contribution < 1.29 is 14.7 Å². The molecule has 0 aliphatic heterocycles.